The first-order valence-corrected chi connectivity index (χ1v) is 12.7. The molecule has 3 rings (SSSR count). The van der Waals surface area contributed by atoms with Gasteiger partial charge >= 0.3 is 0 Å². The number of sulfonamides is 1. The smallest absolute Gasteiger partial charge is 0.247 e. The van der Waals surface area contributed by atoms with Crippen LogP contribution in [-0.4, -0.2) is 73.1 Å². The van der Waals surface area contributed by atoms with Crippen LogP contribution in [0, 0.1) is 17.8 Å². The number of fused-ring (bicyclic) bond motifs is 1. The first kappa shape index (κ1) is 25.2. The summed E-state index contributed by atoms with van der Waals surface area (Å²) in [5.74, 6) is 6.39. The first-order chi connectivity index (χ1) is 15.8. The van der Waals surface area contributed by atoms with Crippen LogP contribution in [0.3, 0.4) is 0 Å². The number of aromatic nitrogens is 1. The van der Waals surface area contributed by atoms with E-state index in [1.54, 1.807) is 37.5 Å². The van der Waals surface area contributed by atoms with E-state index in [1.807, 2.05) is 26.1 Å². The van der Waals surface area contributed by atoms with Crippen molar-refractivity contribution < 1.29 is 18.3 Å². The highest BCUT2D eigenvalue weighted by molar-refractivity contribution is 7.89. The quantitative estimate of drug-likeness (QED) is 0.652. The van der Waals surface area contributed by atoms with E-state index in [2.05, 4.69) is 28.6 Å². The molecule has 2 aromatic rings. The Kier molecular flexibility index (Phi) is 8.49. The predicted molar refractivity (Wildman–Crippen MR) is 128 cm³/mol. The fourth-order valence-electron chi connectivity index (χ4n) is 3.88. The molecule has 0 aliphatic carbocycles. The Labute approximate surface area is 197 Å². The lowest BCUT2D eigenvalue weighted by molar-refractivity contribution is 0.0752. The van der Waals surface area contributed by atoms with Crippen LogP contribution in [-0.2, 0) is 10.0 Å². The van der Waals surface area contributed by atoms with Gasteiger partial charge in [0.05, 0.1) is 6.61 Å². The summed E-state index contributed by atoms with van der Waals surface area (Å²) in [5.41, 5.74) is 1.48. The molecule has 0 unspecified atom stereocenters. The molecule has 33 heavy (non-hydrogen) atoms. The van der Waals surface area contributed by atoms with Gasteiger partial charge in [-0.3, -0.25) is 4.98 Å². The number of nitrogens with zero attached hydrogens (tertiary/aromatic N) is 3. The zero-order valence-corrected chi connectivity index (χ0v) is 20.5. The third-order valence-electron chi connectivity index (χ3n) is 5.80. The first-order valence-electron chi connectivity index (χ1n) is 11.3. The standard InChI is InChI=1S/C25H33N3O4S/c1-5-14-27(4)17-24-19(2)16-28(20(3)18-29)33(30,31)25-9-8-22(15-23(25)32-24)7-6-21-10-12-26-13-11-21/h8-13,15,19-20,24,29H,5,14,16-18H2,1-4H3/t19-,20+,24-/m1/s1. The van der Waals surface area contributed by atoms with Gasteiger partial charge in [-0.25, -0.2) is 8.42 Å². The van der Waals surface area contributed by atoms with E-state index in [-0.39, 0.29) is 30.1 Å². The van der Waals surface area contributed by atoms with E-state index < -0.39 is 16.1 Å². The molecule has 0 saturated heterocycles. The van der Waals surface area contributed by atoms with E-state index in [1.165, 1.54) is 4.31 Å². The molecule has 178 valence electrons. The van der Waals surface area contributed by atoms with Gasteiger partial charge < -0.3 is 14.7 Å². The Morgan fingerprint density at radius 2 is 1.94 bits per heavy atom. The minimum Gasteiger partial charge on any atom is -0.487 e. The molecule has 1 aliphatic heterocycles. The molecule has 7 nitrogen and oxygen atoms in total. The molecule has 0 saturated carbocycles. The average molecular weight is 472 g/mol. The van der Waals surface area contributed by atoms with Crippen molar-refractivity contribution >= 4 is 10.0 Å². The molecule has 0 radical (unpaired) electrons. The van der Waals surface area contributed by atoms with Gasteiger partial charge in [0, 0.05) is 48.6 Å². The third kappa shape index (κ3) is 6.12. The number of rotatable bonds is 6. The number of likely N-dealkylation sites (N-methyl/N-ethyl adjacent to an activating group) is 1. The van der Waals surface area contributed by atoms with E-state index in [9.17, 15) is 13.5 Å². The molecule has 0 amide bonds. The number of pyridine rings is 1. The van der Waals surface area contributed by atoms with Crippen LogP contribution in [0.2, 0.25) is 0 Å². The van der Waals surface area contributed by atoms with Crippen LogP contribution >= 0.6 is 0 Å². The van der Waals surface area contributed by atoms with Gasteiger partial charge in [-0.1, -0.05) is 25.7 Å². The van der Waals surface area contributed by atoms with Gasteiger partial charge in [-0.05, 0) is 57.3 Å². The summed E-state index contributed by atoms with van der Waals surface area (Å²) in [6.45, 7) is 7.46. The van der Waals surface area contributed by atoms with E-state index in [4.69, 9.17) is 4.74 Å². The molecular weight excluding hydrogens is 438 g/mol. The van der Waals surface area contributed by atoms with Crippen molar-refractivity contribution in [3.8, 4) is 17.6 Å². The second kappa shape index (κ2) is 11.1. The van der Waals surface area contributed by atoms with E-state index >= 15 is 0 Å². The van der Waals surface area contributed by atoms with Crippen molar-refractivity contribution in [1.82, 2.24) is 14.2 Å². The van der Waals surface area contributed by atoms with Crippen LogP contribution in [0.15, 0.2) is 47.6 Å². The minimum atomic E-state index is -3.85. The highest BCUT2D eigenvalue weighted by Crippen LogP contribution is 2.34. The molecule has 0 fully saturated rings. The highest BCUT2D eigenvalue weighted by Gasteiger charge is 2.38. The molecule has 0 bridgehead atoms. The second-order valence-corrected chi connectivity index (χ2v) is 10.5. The summed E-state index contributed by atoms with van der Waals surface area (Å²) in [6.07, 6.45) is 4.16. The summed E-state index contributed by atoms with van der Waals surface area (Å²) in [4.78, 5) is 6.29. The number of aliphatic hydroxyl groups excluding tert-OH is 1. The Bertz CT molecular complexity index is 1100. The second-order valence-electron chi connectivity index (χ2n) is 8.65. The Morgan fingerprint density at radius 3 is 2.61 bits per heavy atom. The van der Waals surface area contributed by atoms with Gasteiger partial charge in [0.1, 0.15) is 16.7 Å². The van der Waals surface area contributed by atoms with Crippen molar-refractivity contribution in [1.29, 1.82) is 0 Å². The maximum Gasteiger partial charge on any atom is 0.247 e. The van der Waals surface area contributed by atoms with Crippen molar-refractivity contribution in [2.75, 3.05) is 33.3 Å². The number of benzene rings is 1. The fraction of sp³-hybridized carbons (Fsp3) is 0.480. The van der Waals surface area contributed by atoms with Crippen molar-refractivity contribution in [2.45, 2.75) is 44.2 Å². The summed E-state index contributed by atoms with van der Waals surface area (Å²) in [5, 5.41) is 9.75. The average Bonchev–Trinajstić information content (AvgIpc) is 2.80. The van der Waals surface area contributed by atoms with Crippen LogP contribution in [0.4, 0.5) is 0 Å². The highest BCUT2D eigenvalue weighted by atomic mass is 32.2. The van der Waals surface area contributed by atoms with Gasteiger partial charge in [-0.2, -0.15) is 4.31 Å². The monoisotopic (exact) mass is 471 g/mol. The van der Waals surface area contributed by atoms with E-state index in [0.29, 0.717) is 17.9 Å². The molecular formula is C25H33N3O4S. The molecule has 0 spiro atoms. The van der Waals surface area contributed by atoms with Crippen LogP contribution in [0.5, 0.6) is 5.75 Å². The maximum absolute atomic E-state index is 13.5. The van der Waals surface area contributed by atoms with Crippen LogP contribution < -0.4 is 4.74 Å². The summed E-state index contributed by atoms with van der Waals surface area (Å²) < 4.78 is 34.8. The number of hydrogen-bond donors (Lipinski definition) is 1. The van der Waals surface area contributed by atoms with Gasteiger partial charge in [0.2, 0.25) is 10.0 Å². The summed E-state index contributed by atoms with van der Waals surface area (Å²) >= 11 is 0. The van der Waals surface area contributed by atoms with Gasteiger partial charge in [0.15, 0.2) is 0 Å². The Hall–Kier alpha value is -2.44. The predicted octanol–water partition coefficient (Wildman–Crippen LogP) is 2.59. The number of ether oxygens (including phenoxy) is 1. The summed E-state index contributed by atoms with van der Waals surface area (Å²) in [7, 11) is -1.81. The lowest BCUT2D eigenvalue weighted by atomic mass is 10.0. The molecule has 1 aromatic heterocycles. The van der Waals surface area contributed by atoms with E-state index in [0.717, 1.165) is 18.5 Å². The normalized spacial score (nSPS) is 21.2. The third-order valence-corrected chi connectivity index (χ3v) is 7.82. The molecule has 3 atom stereocenters. The maximum atomic E-state index is 13.5. The number of aliphatic hydroxyl groups is 1. The fourth-order valence-corrected chi connectivity index (χ4v) is 5.71. The van der Waals surface area contributed by atoms with Crippen LogP contribution in [0.1, 0.15) is 38.3 Å². The van der Waals surface area contributed by atoms with Crippen LogP contribution in [0.25, 0.3) is 0 Å². The number of hydrogen-bond acceptors (Lipinski definition) is 6. The summed E-state index contributed by atoms with van der Waals surface area (Å²) in [6, 6.07) is 8.05. The van der Waals surface area contributed by atoms with Gasteiger partial charge in [-0.15, -0.1) is 0 Å². The zero-order chi connectivity index (χ0) is 24.0. The molecule has 1 aliphatic rings. The molecule has 1 N–H and O–H groups in total. The SMILES string of the molecule is CCCN(C)C[C@H]1Oc2cc(C#Cc3ccncc3)ccc2S(=O)(=O)N([C@@H](C)CO)C[C@H]1C. The lowest BCUT2D eigenvalue weighted by Crippen LogP contribution is -2.49. The Morgan fingerprint density at radius 1 is 1.24 bits per heavy atom. The molecule has 8 heteroatoms. The Balaban J connectivity index is 2.05. The minimum absolute atomic E-state index is 0.0761. The van der Waals surface area contributed by atoms with Gasteiger partial charge in [0.25, 0.3) is 0 Å². The largest absolute Gasteiger partial charge is 0.487 e. The zero-order valence-electron chi connectivity index (χ0n) is 19.7. The van der Waals surface area contributed by atoms with Crippen molar-refractivity contribution in [2.24, 2.45) is 5.92 Å². The lowest BCUT2D eigenvalue weighted by Gasteiger charge is -2.37. The topological polar surface area (TPSA) is 83.0 Å². The van der Waals surface area contributed by atoms with Crippen molar-refractivity contribution in [3.63, 3.8) is 0 Å². The van der Waals surface area contributed by atoms with Crippen molar-refractivity contribution in [3.05, 3.63) is 53.9 Å². The molecule has 2 heterocycles. The molecule has 1 aromatic carbocycles.